The van der Waals surface area contributed by atoms with Crippen LogP contribution in [0.3, 0.4) is 0 Å². The third kappa shape index (κ3) is 5.48. The van der Waals surface area contributed by atoms with E-state index in [-0.39, 0.29) is 0 Å². The summed E-state index contributed by atoms with van der Waals surface area (Å²) in [5.41, 5.74) is 0.533. The lowest BCUT2D eigenvalue weighted by Crippen LogP contribution is -2.40. The van der Waals surface area contributed by atoms with Crippen LogP contribution in [0.25, 0.3) is 0 Å². The molecule has 0 heterocycles. The highest BCUT2D eigenvalue weighted by atomic mass is 19.2. The SMILES string of the molecule is CC(Oc1cccc(C(C)C)c1)C(=O)NCC(=O)Nc1ccc(F)c(F)c1F. The average molecular weight is 394 g/mol. The van der Waals surface area contributed by atoms with Crippen molar-refractivity contribution in [2.24, 2.45) is 0 Å². The van der Waals surface area contributed by atoms with Crippen molar-refractivity contribution < 1.29 is 27.5 Å². The topological polar surface area (TPSA) is 67.4 Å². The maximum atomic E-state index is 13.5. The van der Waals surface area contributed by atoms with Crippen LogP contribution in [-0.4, -0.2) is 24.5 Å². The summed E-state index contributed by atoms with van der Waals surface area (Å²) in [5, 5.41) is 4.41. The second-order valence-electron chi connectivity index (χ2n) is 6.48. The molecule has 0 fully saturated rings. The normalized spacial score (nSPS) is 11.8. The highest BCUT2D eigenvalue weighted by Crippen LogP contribution is 2.21. The van der Waals surface area contributed by atoms with Crippen LogP contribution in [0.2, 0.25) is 0 Å². The third-order valence-electron chi connectivity index (χ3n) is 3.94. The Morgan fingerprint density at radius 3 is 2.43 bits per heavy atom. The van der Waals surface area contributed by atoms with Crippen LogP contribution >= 0.6 is 0 Å². The molecule has 0 radical (unpaired) electrons. The lowest BCUT2D eigenvalue weighted by molar-refractivity contribution is -0.129. The molecule has 0 spiro atoms. The minimum Gasteiger partial charge on any atom is -0.481 e. The molecular weight excluding hydrogens is 373 g/mol. The molecule has 2 aromatic carbocycles. The lowest BCUT2D eigenvalue weighted by atomic mass is 10.0. The molecule has 0 bridgehead atoms. The fourth-order valence-corrected chi connectivity index (χ4v) is 2.33. The van der Waals surface area contributed by atoms with Gasteiger partial charge in [-0.15, -0.1) is 0 Å². The zero-order valence-corrected chi connectivity index (χ0v) is 15.7. The Balaban J connectivity index is 1.88. The van der Waals surface area contributed by atoms with Crippen molar-refractivity contribution in [1.29, 1.82) is 0 Å². The highest BCUT2D eigenvalue weighted by Gasteiger charge is 2.18. The first-order chi connectivity index (χ1) is 13.2. The average Bonchev–Trinajstić information content (AvgIpc) is 2.66. The van der Waals surface area contributed by atoms with E-state index in [2.05, 4.69) is 10.6 Å². The van der Waals surface area contributed by atoms with E-state index >= 15 is 0 Å². The number of carbonyl (C=O) groups is 2. The molecular formula is C20H21F3N2O3. The summed E-state index contributed by atoms with van der Waals surface area (Å²) < 4.78 is 45.2. The van der Waals surface area contributed by atoms with Gasteiger partial charge in [-0.3, -0.25) is 9.59 Å². The standard InChI is InChI=1S/C20H21F3N2O3/c1-11(2)13-5-4-6-14(9-13)28-12(3)20(27)24-10-17(26)25-16-8-7-15(21)18(22)19(16)23/h4-9,11-12H,10H2,1-3H3,(H,24,27)(H,25,26). The number of ether oxygens (including phenoxy) is 1. The maximum Gasteiger partial charge on any atom is 0.261 e. The number of nitrogens with one attached hydrogen (secondary N) is 2. The molecule has 28 heavy (non-hydrogen) atoms. The minimum atomic E-state index is -1.69. The summed E-state index contributed by atoms with van der Waals surface area (Å²) in [6.45, 7) is 5.09. The van der Waals surface area contributed by atoms with Crippen LogP contribution in [0.15, 0.2) is 36.4 Å². The fraction of sp³-hybridized carbons (Fsp3) is 0.300. The van der Waals surface area contributed by atoms with Gasteiger partial charge < -0.3 is 15.4 Å². The number of hydrogen-bond acceptors (Lipinski definition) is 3. The van der Waals surface area contributed by atoms with Crippen LogP contribution in [-0.2, 0) is 9.59 Å². The molecule has 2 amide bonds. The number of anilines is 1. The van der Waals surface area contributed by atoms with Crippen LogP contribution in [0, 0.1) is 17.5 Å². The van der Waals surface area contributed by atoms with Crippen LogP contribution < -0.4 is 15.4 Å². The van der Waals surface area contributed by atoms with E-state index in [9.17, 15) is 22.8 Å². The van der Waals surface area contributed by atoms with Crippen molar-refractivity contribution in [1.82, 2.24) is 5.32 Å². The number of carbonyl (C=O) groups excluding carboxylic acids is 2. The molecule has 0 aliphatic rings. The van der Waals surface area contributed by atoms with Crippen molar-refractivity contribution >= 4 is 17.5 Å². The number of benzene rings is 2. The Morgan fingerprint density at radius 2 is 1.75 bits per heavy atom. The second-order valence-corrected chi connectivity index (χ2v) is 6.48. The summed E-state index contributed by atoms with van der Waals surface area (Å²) in [6, 6.07) is 8.89. The molecule has 0 saturated heterocycles. The molecule has 1 atom stereocenters. The Labute approximate surface area is 160 Å². The van der Waals surface area contributed by atoms with E-state index in [1.165, 1.54) is 6.92 Å². The fourth-order valence-electron chi connectivity index (χ4n) is 2.33. The lowest BCUT2D eigenvalue weighted by Gasteiger charge is -2.16. The summed E-state index contributed by atoms with van der Waals surface area (Å²) >= 11 is 0. The molecule has 2 N–H and O–H groups in total. The molecule has 5 nitrogen and oxygen atoms in total. The van der Waals surface area contributed by atoms with Gasteiger partial charge in [-0.2, -0.15) is 0 Å². The van der Waals surface area contributed by atoms with Crippen LogP contribution in [0.4, 0.5) is 18.9 Å². The third-order valence-corrected chi connectivity index (χ3v) is 3.94. The van der Waals surface area contributed by atoms with Gasteiger partial charge in [0.15, 0.2) is 23.6 Å². The predicted octanol–water partition coefficient (Wildman–Crippen LogP) is 3.75. The Kier molecular flexibility index (Phi) is 7.03. The first kappa shape index (κ1) is 21.3. The van der Waals surface area contributed by atoms with Gasteiger partial charge in [-0.05, 0) is 42.7 Å². The Hall–Kier alpha value is -3.03. The van der Waals surface area contributed by atoms with E-state index in [1.54, 1.807) is 6.07 Å². The summed E-state index contributed by atoms with van der Waals surface area (Å²) in [4.78, 5) is 23.9. The van der Waals surface area contributed by atoms with Crippen molar-refractivity contribution in [3.05, 3.63) is 59.4 Å². The van der Waals surface area contributed by atoms with E-state index in [1.807, 2.05) is 32.0 Å². The molecule has 2 rings (SSSR count). The van der Waals surface area contributed by atoms with Crippen molar-refractivity contribution in [2.45, 2.75) is 32.8 Å². The first-order valence-corrected chi connectivity index (χ1v) is 8.66. The summed E-state index contributed by atoms with van der Waals surface area (Å²) in [5.74, 6) is -5.11. The van der Waals surface area contributed by atoms with Gasteiger partial charge in [0.25, 0.3) is 5.91 Å². The van der Waals surface area contributed by atoms with Crippen molar-refractivity contribution in [3.63, 3.8) is 0 Å². The molecule has 0 saturated carbocycles. The van der Waals surface area contributed by atoms with Gasteiger partial charge in [-0.25, -0.2) is 13.2 Å². The maximum absolute atomic E-state index is 13.5. The molecule has 0 aliphatic carbocycles. The smallest absolute Gasteiger partial charge is 0.261 e. The molecule has 8 heteroatoms. The van der Waals surface area contributed by atoms with Gasteiger partial charge >= 0.3 is 0 Å². The van der Waals surface area contributed by atoms with Gasteiger partial charge in [0.1, 0.15) is 5.75 Å². The Morgan fingerprint density at radius 1 is 1.04 bits per heavy atom. The monoisotopic (exact) mass is 394 g/mol. The van der Waals surface area contributed by atoms with E-state index in [0.717, 1.165) is 11.6 Å². The second kappa shape index (κ2) is 9.25. The zero-order valence-electron chi connectivity index (χ0n) is 15.7. The first-order valence-electron chi connectivity index (χ1n) is 8.66. The molecule has 1 unspecified atom stereocenters. The van der Waals surface area contributed by atoms with Gasteiger partial charge in [0.05, 0.1) is 12.2 Å². The largest absolute Gasteiger partial charge is 0.481 e. The van der Waals surface area contributed by atoms with E-state index in [0.29, 0.717) is 17.7 Å². The number of halogens is 3. The van der Waals surface area contributed by atoms with Crippen molar-refractivity contribution in [3.8, 4) is 5.75 Å². The number of amides is 2. The summed E-state index contributed by atoms with van der Waals surface area (Å²) in [7, 11) is 0. The summed E-state index contributed by atoms with van der Waals surface area (Å²) in [6.07, 6.45) is -0.879. The van der Waals surface area contributed by atoms with E-state index < -0.39 is 47.6 Å². The number of rotatable bonds is 7. The predicted molar refractivity (Wildman–Crippen MR) is 98.6 cm³/mol. The van der Waals surface area contributed by atoms with Gasteiger partial charge in [-0.1, -0.05) is 26.0 Å². The quantitative estimate of drug-likeness (QED) is 0.703. The van der Waals surface area contributed by atoms with Gasteiger partial charge in [0.2, 0.25) is 5.91 Å². The van der Waals surface area contributed by atoms with Gasteiger partial charge in [0, 0.05) is 0 Å². The Bertz CT molecular complexity index is 872. The zero-order chi connectivity index (χ0) is 20.8. The van der Waals surface area contributed by atoms with E-state index in [4.69, 9.17) is 4.74 Å². The molecule has 150 valence electrons. The molecule has 2 aromatic rings. The number of hydrogen-bond donors (Lipinski definition) is 2. The molecule has 0 aromatic heterocycles. The molecule has 0 aliphatic heterocycles. The highest BCUT2D eigenvalue weighted by molar-refractivity contribution is 5.95. The van der Waals surface area contributed by atoms with Crippen LogP contribution in [0.5, 0.6) is 5.75 Å². The van der Waals surface area contributed by atoms with Crippen molar-refractivity contribution in [2.75, 3.05) is 11.9 Å². The minimum absolute atomic E-state index is 0.299. The van der Waals surface area contributed by atoms with Crippen LogP contribution in [0.1, 0.15) is 32.3 Å².